The number of hydrogen-bond acceptors (Lipinski definition) is 3. The van der Waals surface area contributed by atoms with Crippen molar-refractivity contribution in [3.63, 3.8) is 0 Å². The number of rotatable bonds is 5. The number of piperazine rings is 1. The molecule has 0 aromatic heterocycles. The Hall–Kier alpha value is -1.06. The maximum Gasteiger partial charge on any atom is 0.118 e. The summed E-state index contributed by atoms with van der Waals surface area (Å²) in [5, 5.41) is 3.43. The van der Waals surface area contributed by atoms with Gasteiger partial charge in [-0.3, -0.25) is 4.90 Å². The van der Waals surface area contributed by atoms with E-state index in [2.05, 4.69) is 48.3 Å². The second kappa shape index (κ2) is 6.92. The van der Waals surface area contributed by atoms with Gasteiger partial charge in [-0.15, -0.1) is 0 Å². The lowest BCUT2D eigenvalue weighted by Gasteiger charge is -2.38. The van der Waals surface area contributed by atoms with Crippen LogP contribution in [0, 0.1) is 5.92 Å². The molecule has 106 valence electrons. The van der Waals surface area contributed by atoms with Gasteiger partial charge in [0, 0.05) is 32.2 Å². The molecule has 0 amide bonds. The third-order valence-corrected chi connectivity index (χ3v) is 4.19. The van der Waals surface area contributed by atoms with Gasteiger partial charge in [0.2, 0.25) is 0 Å². The van der Waals surface area contributed by atoms with Crippen LogP contribution in [0.25, 0.3) is 0 Å². The number of benzene rings is 1. The Labute approximate surface area is 116 Å². The first-order valence-electron chi connectivity index (χ1n) is 7.35. The van der Waals surface area contributed by atoms with Crippen LogP contribution in [0.4, 0.5) is 0 Å². The molecular formula is C16H26N2O. The molecule has 1 aliphatic heterocycles. The smallest absolute Gasteiger partial charge is 0.118 e. The minimum Gasteiger partial charge on any atom is -0.497 e. The molecule has 1 N–H and O–H groups in total. The van der Waals surface area contributed by atoms with Crippen molar-refractivity contribution in [2.45, 2.75) is 26.3 Å². The minimum absolute atomic E-state index is 0.526. The Morgan fingerprint density at radius 2 is 1.84 bits per heavy atom. The molecule has 1 aliphatic rings. The van der Waals surface area contributed by atoms with Crippen molar-refractivity contribution in [1.82, 2.24) is 10.2 Å². The zero-order valence-corrected chi connectivity index (χ0v) is 12.4. The Morgan fingerprint density at radius 1 is 1.21 bits per heavy atom. The summed E-state index contributed by atoms with van der Waals surface area (Å²) in [6.45, 7) is 9.12. The highest BCUT2D eigenvalue weighted by molar-refractivity contribution is 5.29. The van der Waals surface area contributed by atoms with Crippen LogP contribution in [0.1, 0.15) is 31.9 Å². The SMILES string of the molecule is CCC(C)[C@@H](c1ccc(OC)cc1)N1CCNCC1. The van der Waals surface area contributed by atoms with Crippen molar-refractivity contribution in [3.8, 4) is 5.75 Å². The van der Waals surface area contributed by atoms with E-state index in [1.54, 1.807) is 7.11 Å². The standard InChI is InChI=1S/C16H26N2O/c1-4-13(2)16(18-11-9-17-10-12-18)14-5-7-15(19-3)8-6-14/h5-8,13,16-17H,4,9-12H2,1-3H3/t13?,16-/m0/s1. The molecule has 2 atom stereocenters. The van der Waals surface area contributed by atoms with Crippen molar-refractivity contribution >= 4 is 0 Å². The Kier molecular flexibility index (Phi) is 5.23. The molecular weight excluding hydrogens is 236 g/mol. The largest absolute Gasteiger partial charge is 0.497 e. The maximum absolute atomic E-state index is 5.26. The Morgan fingerprint density at radius 3 is 2.37 bits per heavy atom. The molecule has 0 bridgehead atoms. The average molecular weight is 262 g/mol. The fourth-order valence-corrected chi connectivity index (χ4v) is 2.88. The number of nitrogens with one attached hydrogen (secondary N) is 1. The molecule has 0 radical (unpaired) electrons. The lowest BCUT2D eigenvalue weighted by atomic mass is 9.90. The highest BCUT2D eigenvalue weighted by Crippen LogP contribution is 2.31. The van der Waals surface area contributed by atoms with E-state index in [4.69, 9.17) is 4.74 Å². The summed E-state index contributed by atoms with van der Waals surface area (Å²) in [6, 6.07) is 9.12. The van der Waals surface area contributed by atoms with Crippen LogP contribution in [-0.4, -0.2) is 38.2 Å². The van der Waals surface area contributed by atoms with E-state index in [9.17, 15) is 0 Å². The zero-order chi connectivity index (χ0) is 13.7. The summed E-state index contributed by atoms with van der Waals surface area (Å²) in [7, 11) is 1.72. The first-order valence-corrected chi connectivity index (χ1v) is 7.35. The minimum atomic E-state index is 0.526. The van der Waals surface area contributed by atoms with E-state index in [-0.39, 0.29) is 0 Å². The van der Waals surface area contributed by atoms with Crippen LogP contribution >= 0.6 is 0 Å². The van der Waals surface area contributed by atoms with E-state index in [0.717, 1.165) is 31.9 Å². The van der Waals surface area contributed by atoms with Crippen LogP contribution in [0.2, 0.25) is 0 Å². The van der Waals surface area contributed by atoms with E-state index >= 15 is 0 Å². The van der Waals surface area contributed by atoms with Crippen molar-refractivity contribution in [1.29, 1.82) is 0 Å². The molecule has 1 heterocycles. The Balaban J connectivity index is 2.19. The summed E-state index contributed by atoms with van der Waals surface area (Å²) in [6.07, 6.45) is 1.21. The number of ether oxygens (including phenoxy) is 1. The number of hydrogen-bond donors (Lipinski definition) is 1. The van der Waals surface area contributed by atoms with Crippen LogP contribution in [-0.2, 0) is 0 Å². The topological polar surface area (TPSA) is 24.5 Å². The average Bonchev–Trinajstić information content (AvgIpc) is 2.49. The van der Waals surface area contributed by atoms with Gasteiger partial charge in [0.15, 0.2) is 0 Å². The molecule has 1 saturated heterocycles. The van der Waals surface area contributed by atoms with Gasteiger partial charge in [-0.2, -0.15) is 0 Å². The van der Waals surface area contributed by atoms with E-state index in [0.29, 0.717) is 12.0 Å². The third kappa shape index (κ3) is 3.48. The van der Waals surface area contributed by atoms with Gasteiger partial charge in [-0.1, -0.05) is 32.4 Å². The molecule has 3 heteroatoms. The molecule has 0 aliphatic carbocycles. The molecule has 1 aromatic carbocycles. The molecule has 2 rings (SSSR count). The molecule has 1 unspecified atom stereocenters. The predicted molar refractivity (Wildman–Crippen MR) is 79.6 cm³/mol. The molecule has 0 saturated carbocycles. The predicted octanol–water partition coefficient (Wildman–Crippen LogP) is 2.69. The summed E-state index contributed by atoms with van der Waals surface area (Å²) >= 11 is 0. The van der Waals surface area contributed by atoms with Gasteiger partial charge < -0.3 is 10.1 Å². The normalized spacial score (nSPS) is 19.9. The summed E-state index contributed by atoms with van der Waals surface area (Å²) < 4.78 is 5.26. The van der Waals surface area contributed by atoms with Crippen LogP contribution in [0.3, 0.4) is 0 Å². The van der Waals surface area contributed by atoms with Gasteiger partial charge in [-0.25, -0.2) is 0 Å². The fraction of sp³-hybridized carbons (Fsp3) is 0.625. The second-order valence-corrected chi connectivity index (χ2v) is 5.39. The van der Waals surface area contributed by atoms with Crippen LogP contribution in [0.5, 0.6) is 5.75 Å². The van der Waals surface area contributed by atoms with Crippen molar-refractivity contribution in [2.75, 3.05) is 33.3 Å². The molecule has 1 fully saturated rings. The van der Waals surface area contributed by atoms with E-state index < -0.39 is 0 Å². The molecule has 19 heavy (non-hydrogen) atoms. The van der Waals surface area contributed by atoms with Crippen molar-refractivity contribution in [3.05, 3.63) is 29.8 Å². The highest BCUT2D eigenvalue weighted by Gasteiger charge is 2.26. The first kappa shape index (κ1) is 14.4. The molecule has 1 aromatic rings. The quantitative estimate of drug-likeness (QED) is 0.883. The first-order chi connectivity index (χ1) is 9.26. The highest BCUT2D eigenvalue weighted by atomic mass is 16.5. The van der Waals surface area contributed by atoms with Gasteiger partial charge in [0.05, 0.1) is 7.11 Å². The van der Waals surface area contributed by atoms with Crippen LogP contribution in [0.15, 0.2) is 24.3 Å². The summed E-state index contributed by atoms with van der Waals surface area (Å²) in [5.74, 6) is 1.61. The van der Waals surface area contributed by atoms with Gasteiger partial charge in [0.1, 0.15) is 5.75 Å². The summed E-state index contributed by atoms with van der Waals surface area (Å²) in [5.41, 5.74) is 1.41. The van der Waals surface area contributed by atoms with Crippen molar-refractivity contribution in [2.24, 2.45) is 5.92 Å². The fourth-order valence-electron chi connectivity index (χ4n) is 2.88. The zero-order valence-electron chi connectivity index (χ0n) is 12.4. The number of nitrogens with zero attached hydrogens (tertiary/aromatic N) is 1. The summed E-state index contributed by atoms with van der Waals surface area (Å²) in [4.78, 5) is 2.62. The number of methoxy groups -OCH3 is 1. The van der Waals surface area contributed by atoms with Crippen LogP contribution < -0.4 is 10.1 Å². The Bertz CT molecular complexity index is 371. The van der Waals surface area contributed by atoms with E-state index in [1.807, 2.05) is 0 Å². The lowest BCUT2D eigenvalue weighted by Crippen LogP contribution is -2.46. The van der Waals surface area contributed by atoms with Crippen molar-refractivity contribution < 1.29 is 4.74 Å². The second-order valence-electron chi connectivity index (χ2n) is 5.39. The van der Waals surface area contributed by atoms with Gasteiger partial charge >= 0.3 is 0 Å². The van der Waals surface area contributed by atoms with Gasteiger partial charge in [0.25, 0.3) is 0 Å². The molecule has 3 nitrogen and oxygen atoms in total. The monoisotopic (exact) mass is 262 g/mol. The van der Waals surface area contributed by atoms with E-state index in [1.165, 1.54) is 12.0 Å². The molecule has 0 spiro atoms. The third-order valence-electron chi connectivity index (χ3n) is 4.19. The van der Waals surface area contributed by atoms with Gasteiger partial charge in [-0.05, 0) is 23.6 Å². The maximum atomic E-state index is 5.26. The lowest BCUT2D eigenvalue weighted by molar-refractivity contribution is 0.128.